The van der Waals surface area contributed by atoms with Gasteiger partial charge in [0.1, 0.15) is 0 Å². The van der Waals surface area contributed by atoms with Gasteiger partial charge in [0.15, 0.2) is 5.13 Å². The maximum atomic E-state index is 11.9. The Kier molecular flexibility index (Phi) is 3.28. The van der Waals surface area contributed by atoms with Crippen molar-refractivity contribution in [3.8, 4) is 11.3 Å². The monoisotopic (exact) mass is 249 g/mol. The first kappa shape index (κ1) is 11.9. The van der Waals surface area contributed by atoms with Crippen LogP contribution in [-0.2, 0) is 7.05 Å². The van der Waals surface area contributed by atoms with Crippen LogP contribution in [0.4, 0.5) is 5.13 Å². The molecule has 0 aliphatic carbocycles. The highest BCUT2D eigenvalue weighted by atomic mass is 32.1. The molecule has 0 aliphatic rings. The molecule has 0 radical (unpaired) electrons. The molecule has 4 nitrogen and oxygen atoms in total. The molecule has 0 spiro atoms. The molecule has 0 saturated heterocycles. The van der Waals surface area contributed by atoms with Crippen LogP contribution in [0.3, 0.4) is 0 Å². The van der Waals surface area contributed by atoms with Crippen molar-refractivity contribution in [1.82, 2.24) is 9.55 Å². The molecule has 0 aliphatic heterocycles. The van der Waals surface area contributed by atoms with E-state index in [1.165, 1.54) is 11.3 Å². The summed E-state index contributed by atoms with van der Waals surface area (Å²) in [5, 5.41) is 5.98. The molecule has 2 aromatic heterocycles. The maximum absolute atomic E-state index is 11.9. The van der Waals surface area contributed by atoms with Gasteiger partial charge in [0.05, 0.1) is 11.3 Å². The van der Waals surface area contributed by atoms with E-state index in [4.69, 9.17) is 0 Å². The average Bonchev–Trinajstić information content (AvgIpc) is 2.69. The van der Waals surface area contributed by atoms with Gasteiger partial charge in [-0.2, -0.15) is 0 Å². The van der Waals surface area contributed by atoms with Crippen LogP contribution in [0, 0.1) is 0 Å². The van der Waals surface area contributed by atoms with Crippen molar-refractivity contribution in [2.24, 2.45) is 7.05 Å². The van der Waals surface area contributed by atoms with E-state index in [1.807, 2.05) is 11.4 Å². The molecule has 2 heterocycles. The van der Waals surface area contributed by atoms with E-state index in [0.29, 0.717) is 11.6 Å². The summed E-state index contributed by atoms with van der Waals surface area (Å²) in [4.78, 5) is 16.3. The molecule has 0 atom stereocenters. The van der Waals surface area contributed by atoms with Crippen LogP contribution in [0.15, 0.2) is 28.5 Å². The molecular weight excluding hydrogens is 234 g/mol. The lowest BCUT2D eigenvalue weighted by Gasteiger charge is -2.04. The molecule has 2 rings (SSSR count). The lowest BCUT2D eigenvalue weighted by atomic mass is 10.2. The number of nitrogens with one attached hydrogen (secondary N) is 1. The van der Waals surface area contributed by atoms with Crippen LogP contribution in [0.5, 0.6) is 0 Å². The molecule has 5 heteroatoms. The minimum absolute atomic E-state index is 0.0195. The number of rotatable bonds is 3. The molecule has 2 aromatic rings. The van der Waals surface area contributed by atoms with Crippen molar-refractivity contribution in [2.45, 2.75) is 19.9 Å². The Hall–Kier alpha value is -1.62. The molecule has 0 aromatic carbocycles. The zero-order chi connectivity index (χ0) is 12.4. The van der Waals surface area contributed by atoms with Crippen molar-refractivity contribution >= 4 is 16.5 Å². The minimum atomic E-state index is -0.0195. The zero-order valence-electron chi connectivity index (χ0n) is 10.1. The van der Waals surface area contributed by atoms with Crippen LogP contribution in [0.2, 0.25) is 0 Å². The quantitative estimate of drug-likeness (QED) is 0.908. The van der Waals surface area contributed by atoms with Gasteiger partial charge in [-0.1, -0.05) is 0 Å². The van der Waals surface area contributed by atoms with Gasteiger partial charge in [-0.3, -0.25) is 4.79 Å². The fraction of sp³-hybridized carbons (Fsp3) is 0.333. The van der Waals surface area contributed by atoms with E-state index < -0.39 is 0 Å². The van der Waals surface area contributed by atoms with Crippen molar-refractivity contribution < 1.29 is 0 Å². The molecule has 0 unspecified atom stereocenters. The fourth-order valence-electron chi connectivity index (χ4n) is 1.50. The van der Waals surface area contributed by atoms with Gasteiger partial charge < -0.3 is 9.88 Å². The van der Waals surface area contributed by atoms with Crippen molar-refractivity contribution in [3.63, 3.8) is 0 Å². The third kappa shape index (κ3) is 2.55. The van der Waals surface area contributed by atoms with Crippen LogP contribution >= 0.6 is 11.3 Å². The summed E-state index contributed by atoms with van der Waals surface area (Å²) in [5.41, 5.74) is 1.36. The van der Waals surface area contributed by atoms with E-state index in [-0.39, 0.29) is 5.56 Å². The Balaban J connectivity index is 2.37. The summed E-state index contributed by atoms with van der Waals surface area (Å²) < 4.78 is 1.56. The van der Waals surface area contributed by atoms with E-state index in [9.17, 15) is 4.79 Å². The van der Waals surface area contributed by atoms with Crippen LogP contribution in [0.1, 0.15) is 13.8 Å². The van der Waals surface area contributed by atoms with Crippen LogP contribution < -0.4 is 10.9 Å². The third-order valence-corrected chi connectivity index (χ3v) is 3.09. The van der Waals surface area contributed by atoms with E-state index >= 15 is 0 Å². The molecule has 17 heavy (non-hydrogen) atoms. The second kappa shape index (κ2) is 4.71. The Bertz CT molecular complexity index is 571. The van der Waals surface area contributed by atoms with Gasteiger partial charge >= 0.3 is 0 Å². The molecule has 0 fully saturated rings. The zero-order valence-corrected chi connectivity index (χ0v) is 10.9. The summed E-state index contributed by atoms with van der Waals surface area (Å²) in [6.07, 6.45) is 1.74. The summed E-state index contributed by atoms with van der Waals surface area (Å²) >= 11 is 1.52. The van der Waals surface area contributed by atoms with E-state index in [1.54, 1.807) is 23.9 Å². The minimum Gasteiger partial charge on any atom is -0.359 e. The first-order valence-corrected chi connectivity index (χ1v) is 6.34. The van der Waals surface area contributed by atoms with E-state index in [2.05, 4.69) is 24.1 Å². The molecule has 90 valence electrons. The summed E-state index contributed by atoms with van der Waals surface area (Å²) in [5.74, 6) is 0. The van der Waals surface area contributed by atoms with Crippen molar-refractivity contribution in [2.75, 3.05) is 5.32 Å². The SMILES string of the molecule is CC(C)Nc1nc(-c2cccn(C)c2=O)cs1. The summed E-state index contributed by atoms with van der Waals surface area (Å²) in [6, 6.07) is 4.00. The standard InChI is InChI=1S/C12H15N3OS/c1-8(2)13-12-14-10(7-17-12)9-5-4-6-15(3)11(9)16/h4-8H,1-3H3,(H,13,14). The Morgan fingerprint density at radius 2 is 2.24 bits per heavy atom. The Labute approximate surface area is 104 Å². The van der Waals surface area contributed by atoms with Gasteiger partial charge in [-0.05, 0) is 26.0 Å². The summed E-state index contributed by atoms with van der Waals surface area (Å²) in [7, 11) is 1.74. The highest BCUT2D eigenvalue weighted by Gasteiger charge is 2.09. The average molecular weight is 249 g/mol. The number of anilines is 1. The van der Waals surface area contributed by atoms with Crippen LogP contribution in [0.25, 0.3) is 11.3 Å². The van der Waals surface area contributed by atoms with Gasteiger partial charge in [0, 0.05) is 24.7 Å². The van der Waals surface area contributed by atoms with Crippen molar-refractivity contribution in [1.29, 1.82) is 0 Å². The Morgan fingerprint density at radius 1 is 1.47 bits per heavy atom. The predicted octanol–water partition coefficient (Wildman–Crippen LogP) is 2.33. The fourth-order valence-corrected chi connectivity index (χ4v) is 2.36. The van der Waals surface area contributed by atoms with Gasteiger partial charge in [-0.25, -0.2) is 4.98 Å². The number of pyridine rings is 1. The second-order valence-electron chi connectivity index (χ2n) is 4.17. The lowest BCUT2D eigenvalue weighted by molar-refractivity contribution is 0.862. The van der Waals surface area contributed by atoms with Gasteiger partial charge in [0.2, 0.25) is 0 Å². The molecular formula is C12H15N3OS. The molecule has 1 N–H and O–H groups in total. The maximum Gasteiger partial charge on any atom is 0.259 e. The molecule has 0 amide bonds. The second-order valence-corrected chi connectivity index (χ2v) is 5.03. The Morgan fingerprint density at radius 3 is 2.94 bits per heavy atom. The highest BCUT2D eigenvalue weighted by molar-refractivity contribution is 7.14. The smallest absolute Gasteiger partial charge is 0.259 e. The number of aryl methyl sites for hydroxylation is 1. The highest BCUT2D eigenvalue weighted by Crippen LogP contribution is 2.22. The predicted molar refractivity (Wildman–Crippen MR) is 71.5 cm³/mol. The number of thiazole rings is 1. The topological polar surface area (TPSA) is 46.9 Å². The van der Waals surface area contributed by atoms with E-state index in [0.717, 1.165) is 10.8 Å². The van der Waals surface area contributed by atoms with Crippen LogP contribution in [-0.4, -0.2) is 15.6 Å². The largest absolute Gasteiger partial charge is 0.359 e. The number of hydrogen-bond donors (Lipinski definition) is 1. The molecule has 0 saturated carbocycles. The number of aromatic nitrogens is 2. The van der Waals surface area contributed by atoms with Gasteiger partial charge in [0.25, 0.3) is 5.56 Å². The number of hydrogen-bond acceptors (Lipinski definition) is 4. The number of nitrogens with zero attached hydrogens (tertiary/aromatic N) is 2. The van der Waals surface area contributed by atoms with Crippen molar-refractivity contribution in [3.05, 3.63) is 34.1 Å². The first-order chi connectivity index (χ1) is 8.08. The normalized spacial score (nSPS) is 10.8. The first-order valence-electron chi connectivity index (χ1n) is 5.46. The lowest BCUT2D eigenvalue weighted by Crippen LogP contribution is -2.17. The molecule has 0 bridgehead atoms. The summed E-state index contributed by atoms with van der Waals surface area (Å²) in [6.45, 7) is 4.12. The third-order valence-electron chi connectivity index (χ3n) is 2.32. The van der Waals surface area contributed by atoms with Gasteiger partial charge in [-0.15, -0.1) is 11.3 Å².